The van der Waals surface area contributed by atoms with Crippen molar-refractivity contribution in [2.45, 2.75) is 18.9 Å². The number of benzene rings is 1. The van der Waals surface area contributed by atoms with Gasteiger partial charge in [0.25, 0.3) is 5.91 Å². The van der Waals surface area contributed by atoms with Gasteiger partial charge in [-0.3, -0.25) is 9.69 Å². The molecule has 3 heterocycles. The molecule has 4 rings (SSSR count). The molecule has 1 aromatic rings. The number of amides is 1. The molecule has 0 spiro atoms. The fraction of sp³-hybridized carbons (Fsp3) is 0.611. The normalized spacial score (nSPS) is 25.2. The summed E-state index contributed by atoms with van der Waals surface area (Å²) in [4.78, 5) is 16.9. The Balaban J connectivity index is 1.42. The topological polar surface area (TPSA) is 76.2 Å². The fourth-order valence-corrected chi connectivity index (χ4v) is 5.92. The Labute approximate surface area is 164 Å². The van der Waals surface area contributed by atoms with Gasteiger partial charge in [-0.15, -0.1) is 0 Å². The van der Waals surface area contributed by atoms with Crippen molar-refractivity contribution in [1.82, 2.24) is 9.80 Å². The van der Waals surface area contributed by atoms with E-state index in [9.17, 15) is 13.2 Å². The van der Waals surface area contributed by atoms with Crippen LogP contribution in [0.25, 0.3) is 0 Å². The van der Waals surface area contributed by atoms with E-state index >= 15 is 0 Å². The van der Waals surface area contributed by atoms with Crippen molar-refractivity contribution in [3.8, 4) is 11.5 Å². The summed E-state index contributed by atoms with van der Waals surface area (Å²) in [5, 5.41) is 0.382. The number of halogens is 1. The van der Waals surface area contributed by atoms with Crippen LogP contribution in [0.5, 0.6) is 11.5 Å². The second-order valence-electron chi connectivity index (χ2n) is 7.22. The van der Waals surface area contributed by atoms with Crippen LogP contribution in [0.4, 0.5) is 0 Å². The van der Waals surface area contributed by atoms with Gasteiger partial charge in [0.15, 0.2) is 21.3 Å². The summed E-state index contributed by atoms with van der Waals surface area (Å²) in [6, 6.07) is 3.41. The Morgan fingerprint density at radius 3 is 2.56 bits per heavy atom. The summed E-state index contributed by atoms with van der Waals surface area (Å²) >= 11 is 6.30. The number of ether oxygens (including phenoxy) is 2. The molecular formula is C18H23ClN2O5S. The van der Waals surface area contributed by atoms with Gasteiger partial charge in [-0.25, -0.2) is 8.42 Å². The summed E-state index contributed by atoms with van der Waals surface area (Å²) < 4.78 is 34.7. The van der Waals surface area contributed by atoms with E-state index in [1.807, 2.05) is 0 Å². The molecule has 0 bridgehead atoms. The van der Waals surface area contributed by atoms with Crippen molar-refractivity contribution >= 4 is 27.3 Å². The molecule has 0 aromatic heterocycles. The van der Waals surface area contributed by atoms with Crippen molar-refractivity contribution in [3.05, 3.63) is 22.7 Å². The largest absolute Gasteiger partial charge is 0.489 e. The molecule has 1 unspecified atom stereocenters. The molecule has 0 saturated carbocycles. The quantitative estimate of drug-likeness (QED) is 0.729. The van der Waals surface area contributed by atoms with Crippen molar-refractivity contribution < 1.29 is 22.7 Å². The van der Waals surface area contributed by atoms with Gasteiger partial charge in [-0.05, 0) is 18.6 Å². The molecule has 3 aliphatic heterocycles. The van der Waals surface area contributed by atoms with Crippen LogP contribution in [0.3, 0.4) is 0 Å². The SMILES string of the molecule is O=C(c1cc(Cl)c2c(c1)OCCCO2)N1CCN(C2CCS(=O)(=O)C2)CC1. The first kappa shape index (κ1) is 18.8. The predicted molar refractivity (Wildman–Crippen MR) is 102 cm³/mol. The number of nitrogens with zero attached hydrogens (tertiary/aromatic N) is 2. The molecule has 9 heteroatoms. The first-order chi connectivity index (χ1) is 12.9. The number of carbonyl (C=O) groups is 1. The van der Waals surface area contributed by atoms with Crippen LogP contribution >= 0.6 is 11.6 Å². The van der Waals surface area contributed by atoms with Gasteiger partial charge in [-0.2, -0.15) is 0 Å². The fourth-order valence-electron chi connectivity index (χ4n) is 3.89. The molecule has 0 aliphatic carbocycles. The molecule has 2 saturated heterocycles. The number of fused-ring (bicyclic) bond motifs is 1. The Morgan fingerprint density at radius 1 is 1.11 bits per heavy atom. The van der Waals surface area contributed by atoms with E-state index in [4.69, 9.17) is 21.1 Å². The summed E-state index contributed by atoms with van der Waals surface area (Å²) in [7, 11) is -2.90. The van der Waals surface area contributed by atoms with Gasteiger partial charge in [0.05, 0.1) is 29.7 Å². The highest BCUT2D eigenvalue weighted by atomic mass is 35.5. The van der Waals surface area contributed by atoms with Gasteiger partial charge in [0.2, 0.25) is 0 Å². The molecule has 27 heavy (non-hydrogen) atoms. The number of piperazine rings is 1. The maximum absolute atomic E-state index is 12.9. The third kappa shape index (κ3) is 4.02. The molecule has 1 aromatic carbocycles. The lowest BCUT2D eigenvalue weighted by Crippen LogP contribution is -2.52. The molecule has 2 fully saturated rings. The van der Waals surface area contributed by atoms with Crippen molar-refractivity contribution in [1.29, 1.82) is 0 Å². The maximum Gasteiger partial charge on any atom is 0.254 e. The molecule has 1 atom stereocenters. The first-order valence-electron chi connectivity index (χ1n) is 9.26. The van der Waals surface area contributed by atoms with Crippen LogP contribution < -0.4 is 9.47 Å². The summed E-state index contributed by atoms with van der Waals surface area (Å²) in [6.07, 6.45) is 1.46. The van der Waals surface area contributed by atoms with E-state index in [2.05, 4.69) is 4.90 Å². The van der Waals surface area contributed by atoms with Crippen LogP contribution in [-0.4, -0.2) is 81.1 Å². The smallest absolute Gasteiger partial charge is 0.254 e. The van der Waals surface area contributed by atoms with Crippen molar-refractivity contribution in [3.63, 3.8) is 0 Å². The minimum Gasteiger partial charge on any atom is -0.489 e. The van der Waals surface area contributed by atoms with Crippen LogP contribution in [-0.2, 0) is 9.84 Å². The number of rotatable bonds is 2. The van der Waals surface area contributed by atoms with Crippen molar-refractivity contribution in [2.75, 3.05) is 50.9 Å². The van der Waals surface area contributed by atoms with E-state index in [0.717, 1.165) is 6.42 Å². The lowest BCUT2D eigenvalue weighted by Gasteiger charge is -2.37. The number of sulfone groups is 1. The third-order valence-corrected chi connectivity index (χ3v) is 7.41. The summed E-state index contributed by atoms with van der Waals surface area (Å²) in [6.45, 7) is 3.58. The molecule has 3 aliphatic rings. The number of carbonyl (C=O) groups excluding carboxylic acids is 1. The van der Waals surface area contributed by atoms with E-state index in [1.54, 1.807) is 17.0 Å². The Hall–Kier alpha value is -1.51. The van der Waals surface area contributed by atoms with Crippen LogP contribution in [0.2, 0.25) is 5.02 Å². The zero-order chi connectivity index (χ0) is 19.0. The second kappa shape index (κ2) is 7.48. The maximum atomic E-state index is 12.9. The summed E-state index contributed by atoms with van der Waals surface area (Å²) in [5.74, 6) is 1.42. The highest BCUT2D eigenvalue weighted by Gasteiger charge is 2.34. The van der Waals surface area contributed by atoms with Crippen LogP contribution in [0, 0.1) is 0 Å². The lowest BCUT2D eigenvalue weighted by molar-refractivity contribution is 0.0587. The van der Waals surface area contributed by atoms with E-state index in [-0.39, 0.29) is 23.5 Å². The predicted octanol–water partition coefficient (Wildman–Crippen LogP) is 1.45. The van der Waals surface area contributed by atoms with Crippen LogP contribution in [0.1, 0.15) is 23.2 Å². The molecule has 0 radical (unpaired) electrons. The average molecular weight is 415 g/mol. The Morgan fingerprint density at radius 2 is 1.85 bits per heavy atom. The molecule has 7 nitrogen and oxygen atoms in total. The lowest BCUT2D eigenvalue weighted by atomic mass is 10.1. The van der Waals surface area contributed by atoms with Crippen molar-refractivity contribution in [2.24, 2.45) is 0 Å². The highest BCUT2D eigenvalue weighted by molar-refractivity contribution is 7.91. The standard InChI is InChI=1S/C18H23ClN2O5S/c19-15-10-13(11-16-17(15)26-8-1-7-25-16)18(22)21-5-3-20(4-6-21)14-2-9-27(23,24)12-14/h10-11,14H,1-9,12H2. The minimum atomic E-state index is -2.90. The zero-order valence-electron chi connectivity index (χ0n) is 15.0. The zero-order valence-corrected chi connectivity index (χ0v) is 16.6. The third-order valence-electron chi connectivity index (χ3n) is 5.38. The molecule has 1 amide bonds. The van der Waals surface area contributed by atoms with Gasteiger partial charge in [0.1, 0.15) is 0 Å². The van der Waals surface area contributed by atoms with E-state index < -0.39 is 9.84 Å². The van der Waals surface area contributed by atoms with E-state index in [0.29, 0.717) is 67.9 Å². The number of hydrogen-bond donors (Lipinski definition) is 0. The van der Waals surface area contributed by atoms with Gasteiger partial charge < -0.3 is 14.4 Å². The minimum absolute atomic E-state index is 0.0831. The molecular weight excluding hydrogens is 392 g/mol. The molecule has 0 N–H and O–H groups in total. The first-order valence-corrected chi connectivity index (χ1v) is 11.5. The Bertz CT molecular complexity index is 836. The van der Waals surface area contributed by atoms with Gasteiger partial charge in [-0.1, -0.05) is 11.6 Å². The van der Waals surface area contributed by atoms with Gasteiger partial charge >= 0.3 is 0 Å². The second-order valence-corrected chi connectivity index (χ2v) is 9.86. The number of hydrogen-bond acceptors (Lipinski definition) is 6. The highest BCUT2D eigenvalue weighted by Crippen LogP contribution is 2.38. The average Bonchev–Trinajstić information content (AvgIpc) is 2.86. The summed E-state index contributed by atoms with van der Waals surface area (Å²) in [5.41, 5.74) is 0.487. The molecule has 148 valence electrons. The monoisotopic (exact) mass is 414 g/mol. The van der Waals surface area contributed by atoms with E-state index in [1.165, 1.54) is 0 Å². The van der Waals surface area contributed by atoms with Gasteiger partial charge in [0, 0.05) is 44.2 Å². The van der Waals surface area contributed by atoms with Crippen LogP contribution in [0.15, 0.2) is 12.1 Å². The Kier molecular flexibility index (Phi) is 5.22.